The van der Waals surface area contributed by atoms with Gasteiger partial charge in [-0.15, -0.1) is 11.8 Å². The fraction of sp³-hybridized carbons (Fsp3) is 0.368. The van der Waals surface area contributed by atoms with E-state index in [0.29, 0.717) is 25.3 Å². The molecule has 0 unspecified atom stereocenters. The highest BCUT2D eigenvalue weighted by Crippen LogP contribution is 2.38. The molecule has 1 aromatic heterocycles. The number of halogens is 3. The summed E-state index contributed by atoms with van der Waals surface area (Å²) in [7, 11) is 0. The summed E-state index contributed by atoms with van der Waals surface area (Å²) in [6.45, 7) is 0.604. The number of nitrogens with zero attached hydrogens (tertiary/aromatic N) is 2. The molecule has 0 spiro atoms. The number of aliphatic hydroxyl groups is 1. The van der Waals surface area contributed by atoms with Crippen LogP contribution in [-0.2, 0) is 17.6 Å². The number of hydrogen-bond donors (Lipinski definition) is 1. The van der Waals surface area contributed by atoms with Crippen molar-refractivity contribution in [2.75, 3.05) is 19.7 Å². The average Bonchev–Trinajstić information content (AvgIpc) is 3.14. The van der Waals surface area contributed by atoms with Crippen molar-refractivity contribution in [2.45, 2.75) is 29.5 Å². The molecule has 0 bridgehead atoms. The Hall–Kier alpha value is -2.26. The Balaban J connectivity index is 1.53. The third-order valence-electron chi connectivity index (χ3n) is 4.32. The lowest BCUT2D eigenvalue weighted by atomic mass is 10.2. The molecular weight excluding hydrogens is 393 g/mol. The number of benzene rings is 1. The molecule has 150 valence electrons. The van der Waals surface area contributed by atoms with E-state index in [0.717, 1.165) is 23.4 Å². The minimum atomic E-state index is -4.45. The van der Waals surface area contributed by atoms with Gasteiger partial charge in [-0.05, 0) is 36.2 Å². The van der Waals surface area contributed by atoms with Gasteiger partial charge in [0.25, 0.3) is 5.91 Å². The zero-order valence-electron chi connectivity index (χ0n) is 14.9. The van der Waals surface area contributed by atoms with Gasteiger partial charge in [0.15, 0.2) is 6.61 Å². The molecule has 5 nitrogen and oxygen atoms in total. The molecule has 1 aliphatic heterocycles. The fourth-order valence-corrected chi connectivity index (χ4v) is 4.06. The van der Waals surface area contributed by atoms with Gasteiger partial charge in [0.05, 0.1) is 12.2 Å². The van der Waals surface area contributed by atoms with Crippen molar-refractivity contribution >= 4 is 17.7 Å². The fourth-order valence-electron chi connectivity index (χ4n) is 2.84. The maximum absolute atomic E-state index is 13.1. The Morgan fingerprint density at radius 3 is 2.71 bits per heavy atom. The predicted octanol–water partition coefficient (Wildman–Crippen LogP) is 3.36. The largest absolute Gasteiger partial charge is 0.484 e. The third kappa shape index (κ3) is 5.17. The number of ether oxygens (including phenoxy) is 1. The van der Waals surface area contributed by atoms with E-state index in [1.165, 1.54) is 12.3 Å². The minimum Gasteiger partial charge on any atom is -0.484 e. The maximum Gasteiger partial charge on any atom is 0.419 e. The summed E-state index contributed by atoms with van der Waals surface area (Å²) in [6.07, 6.45) is -2.52. The Kier molecular flexibility index (Phi) is 6.46. The SMILES string of the molecule is O=C(COc1ccc(CO)cc1)N1CC[C@H](Sc2ncccc2C(F)(F)F)C1. The van der Waals surface area contributed by atoms with E-state index in [2.05, 4.69) is 4.98 Å². The molecule has 1 amide bonds. The van der Waals surface area contributed by atoms with Gasteiger partial charge in [-0.3, -0.25) is 4.79 Å². The second-order valence-electron chi connectivity index (χ2n) is 6.31. The summed E-state index contributed by atoms with van der Waals surface area (Å²) in [4.78, 5) is 17.8. The number of carbonyl (C=O) groups excluding carboxylic acids is 1. The summed E-state index contributed by atoms with van der Waals surface area (Å²) >= 11 is 1.05. The van der Waals surface area contributed by atoms with E-state index < -0.39 is 11.7 Å². The zero-order chi connectivity index (χ0) is 20.1. The number of aromatic nitrogens is 1. The summed E-state index contributed by atoms with van der Waals surface area (Å²) in [5.41, 5.74) is -0.00901. The van der Waals surface area contributed by atoms with E-state index in [1.54, 1.807) is 29.2 Å². The Morgan fingerprint density at radius 2 is 2.04 bits per heavy atom. The monoisotopic (exact) mass is 412 g/mol. The van der Waals surface area contributed by atoms with Gasteiger partial charge in [0.1, 0.15) is 10.8 Å². The van der Waals surface area contributed by atoms with Crippen LogP contribution in [0.3, 0.4) is 0 Å². The van der Waals surface area contributed by atoms with E-state index in [1.807, 2.05) is 0 Å². The van der Waals surface area contributed by atoms with E-state index >= 15 is 0 Å². The average molecular weight is 412 g/mol. The molecule has 1 N–H and O–H groups in total. The molecule has 1 saturated heterocycles. The first-order valence-corrected chi connectivity index (χ1v) is 9.54. The lowest BCUT2D eigenvalue weighted by molar-refractivity contribution is -0.140. The van der Waals surface area contributed by atoms with E-state index in [4.69, 9.17) is 9.84 Å². The van der Waals surface area contributed by atoms with Crippen molar-refractivity contribution in [2.24, 2.45) is 0 Å². The lowest BCUT2D eigenvalue weighted by Gasteiger charge is -2.17. The van der Waals surface area contributed by atoms with Crippen LogP contribution in [-0.4, -0.2) is 45.8 Å². The van der Waals surface area contributed by atoms with Crippen LogP contribution in [0.4, 0.5) is 13.2 Å². The van der Waals surface area contributed by atoms with Crippen LogP contribution in [0.1, 0.15) is 17.5 Å². The zero-order valence-corrected chi connectivity index (χ0v) is 15.7. The van der Waals surface area contributed by atoms with Crippen molar-refractivity contribution in [3.8, 4) is 5.75 Å². The quantitative estimate of drug-likeness (QED) is 0.788. The third-order valence-corrected chi connectivity index (χ3v) is 5.59. The number of hydrogen-bond acceptors (Lipinski definition) is 5. The molecule has 0 aliphatic carbocycles. The van der Waals surface area contributed by atoms with Gasteiger partial charge in [-0.1, -0.05) is 12.1 Å². The van der Waals surface area contributed by atoms with Crippen molar-refractivity contribution in [3.05, 3.63) is 53.7 Å². The van der Waals surface area contributed by atoms with Crippen LogP contribution in [0.5, 0.6) is 5.75 Å². The summed E-state index contributed by atoms with van der Waals surface area (Å²) in [5.74, 6) is 0.297. The van der Waals surface area contributed by atoms with Gasteiger partial charge < -0.3 is 14.7 Å². The smallest absolute Gasteiger partial charge is 0.419 e. The highest BCUT2D eigenvalue weighted by molar-refractivity contribution is 8.00. The van der Waals surface area contributed by atoms with Gasteiger partial charge in [-0.25, -0.2) is 4.98 Å². The standard InChI is InChI=1S/C19H19F3N2O3S/c20-19(21,22)16-2-1-8-23-18(16)28-15-7-9-24(10-15)17(26)12-27-14-5-3-13(11-25)4-6-14/h1-6,8,15,25H,7,9-12H2/t15-/m0/s1. The number of pyridine rings is 1. The van der Waals surface area contributed by atoms with Crippen LogP contribution in [0, 0.1) is 0 Å². The van der Waals surface area contributed by atoms with Crippen LogP contribution < -0.4 is 4.74 Å². The molecule has 0 radical (unpaired) electrons. The number of thioether (sulfide) groups is 1. The summed E-state index contributed by atoms with van der Waals surface area (Å²) in [6, 6.07) is 9.02. The molecule has 1 aliphatic rings. The van der Waals surface area contributed by atoms with Crippen LogP contribution >= 0.6 is 11.8 Å². The van der Waals surface area contributed by atoms with Gasteiger partial charge in [0.2, 0.25) is 0 Å². The van der Waals surface area contributed by atoms with Crippen molar-refractivity contribution < 1.29 is 27.8 Å². The number of aliphatic hydroxyl groups excluding tert-OH is 1. The molecule has 2 aromatic rings. The second kappa shape index (κ2) is 8.83. The molecule has 3 rings (SSSR count). The van der Waals surface area contributed by atoms with Crippen molar-refractivity contribution in [1.82, 2.24) is 9.88 Å². The summed E-state index contributed by atoms with van der Waals surface area (Å²) < 4.78 is 44.7. The maximum atomic E-state index is 13.1. The minimum absolute atomic E-state index is 0.0606. The number of likely N-dealkylation sites (tertiary alicyclic amines) is 1. The Bertz CT molecular complexity index is 815. The number of rotatable bonds is 6. The van der Waals surface area contributed by atoms with E-state index in [9.17, 15) is 18.0 Å². The van der Waals surface area contributed by atoms with Crippen LogP contribution in [0.2, 0.25) is 0 Å². The number of alkyl halides is 3. The predicted molar refractivity (Wildman–Crippen MR) is 97.9 cm³/mol. The Labute approximate surface area is 164 Å². The first kappa shape index (κ1) is 20.5. The second-order valence-corrected chi connectivity index (χ2v) is 7.60. The number of amides is 1. The molecule has 1 atom stereocenters. The van der Waals surface area contributed by atoms with Gasteiger partial charge >= 0.3 is 6.18 Å². The molecule has 1 fully saturated rings. The topological polar surface area (TPSA) is 62.7 Å². The molecule has 0 saturated carbocycles. The molecular formula is C19H19F3N2O3S. The number of carbonyl (C=O) groups is 1. The highest BCUT2D eigenvalue weighted by atomic mass is 32.2. The Morgan fingerprint density at radius 1 is 1.29 bits per heavy atom. The molecule has 9 heteroatoms. The highest BCUT2D eigenvalue weighted by Gasteiger charge is 2.36. The van der Waals surface area contributed by atoms with Crippen LogP contribution in [0.15, 0.2) is 47.6 Å². The molecule has 28 heavy (non-hydrogen) atoms. The van der Waals surface area contributed by atoms with Crippen molar-refractivity contribution in [1.29, 1.82) is 0 Å². The lowest BCUT2D eigenvalue weighted by Crippen LogP contribution is -2.33. The van der Waals surface area contributed by atoms with Crippen LogP contribution in [0.25, 0.3) is 0 Å². The van der Waals surface area contributed by atoms with Gasteiger partial charge in [0, 0.05) is 24.5 Å². The first-order valence-electron chi connectivity index (χ1n) is 8.66. The van der Waals surface area contributed by atoms with E-state index in [-0.39, 0.29) is 29.4 Å². The van der Waals surface area contributed by atoms with Crippen molar-refractivity contribution in [3.63, 3.8) is 0 Å². The first-order chi connectivity index (χ1) is 13.4. The molecule has 2 heterocycles. The summed E-state index contributed by atoms with van der Waals surface area (Å²) in [5, 5.41) is 8.80. The normalized spacial score (nSPS) is 17.0. The van der Waals surface area contributed by atoms with Gasteiger partial charge in [-0.2, -0.15) is 13.2 Å². The molecule has 1 aromatic carbocycles.